The largest absolute Gasteiger partial charge is 0.480 e. The van der Waals surface area contributed by atoms with Crippen LogP contribution in [0.25, 0.3) is 0 Å². The van der Waals surface area contributed by atoms with Crippen LogP contribution in [0.15, 0.2) is 29.4 Å². The lowest BCUT2D eigenvalue weighted by Crippen LogP contribution is -2.35. The summed E-state index contributed by atoms with van der Waals surface area (Å²) in [6.07, 6.45) is -0.0204. The molecule has 2 amide bonds. The van der Waals surface area contributed by atoms with Gasteiger partial charge in [0.2, 0.25) is 11.8 Å². The fraction of sp³-hybridized carbons (Fsp3) is 0.333. The van der Waals surface area contributed by atoms with Crippen molar-refractivity contribution in [3.63, 3.8) is 0 Å². The average molecular weight is 318 g/mol. The summed E-state index contributed by atoms with van der Waals surface area (Å²) in [7, 11) is 0. The molecule has 0 saturated carbocycles. The smallest absolute Gasteiger partial charge is 0.321 e. The van der Waals surface area contributed by atoms with E-state index < -0.39 is 17.9 Å². The summed E-state index contributed by atoms with van der Waals surface area (Å²) in [5.41, 5.74) is 9.62. The molecule has 1 aromatic rings. The van der Waals surface area contributed by atoms with Gasteiger partial charge in [-0.2, -0.15) is 5.10 Å². The van der Waals surface area contributed by atoms with Crippen LogP contribution in [-0.2, 0) is 14.4 Å². The third-order valence-electron chi connectivity index (χ3n) is 3.46. The van der Waals surface area contributed by atoms with Gasteiger partial charge >= 0.3 is 5.97 Å². The fourth-order valence-corrected chi connectivity index (χ4v) is 2.28. The number of hydrogen-bond donors (Lipinski definition) is 4. The van der Waals surface area contributed by atoms with Gasteiger partial charge in [0.25, 0.3) is 0 Å². The maximum atomic E-state index is 11.9. The molecule has 0 bridgehead atoms. The number of hydrogen-bond acceptors (Lipinski definition) is 5. The number of nitrogens with two attached hydrogens (primary N) is 1. The van der Waals surface area contributed by atoms with Gasteiger partial charge in [0, 0.05) is 23.6 Å². The monoisotopic (exact) mass is 318 g/mol. The Labute approximate surface area is 132 Å². The van der Waals surface area contributed by atoms with E-state index in [0.29, 0.717) is 23.4 Å². The van der Waals surface area contributed by atoms with Crippen molar-refractivity contribution in [2.45, 2.75) is 25.8 Å². The minimum atomic E-state index is -1.26. The number of nitrogens with one attached hydrogen (secondary N) is 2. The number of aliphatic carboxylic acids is 1. The highest BCUT2D eigenvalue weighted by molar-refractivity contribution is 6.11. The van der Waals surface area contributed by atoms with Crippen LogP contribution in [0.4, 0.5) is 5.69 Å². The van der Waals surface area contributed by atoms with E-state index in [1.165, 1.54) is 0 Å². The third kappa shape index (κ3) is 4.13. The van der Waals surface area contributed by atoms with Crippen molar-refractivity contribution in [2.24, 2.45) is 16.8 Å². The molecule has 0 fully saturated rings. The topological polar surface area (TPSA) is 134 Å². The third-order valence-corrected chi connectivity index (χ3v) is 3.46. The summed E-state index contributed by atoms with van der Waals surface area (Å²) in [5.74, 6) is -1.99. The molecule has 23 heavy (non-hydrogen) atoms. The van der Waals surface area contributed by atoms with E-state index >= 15 is 0 Å². The molecule has 1 heterocycles. The van der Waals surface area contributed by atoms with Crippen molar-refractivity contribution >= 4 is 29.2 Å². The molecule has 1 aliphatic heterocycles. The summed E-state index contributed by atoms with van der Waals surface area (Å²) in [6, 6.07) is 5.74. The van der Waals surface area contributed by atoms with Gasteiger partial charge in [0.1, 0.15) is 6.04 Å². The number of anilines is 1. The van der Waals surface area contributed by atoms with Gasteiger partial charge in [-0.3, -0.25) is 14.4 Å². The number of carbonyl (C=O) groups excluding carboxylic acids is 2. The summed E-state index contributed by atoms with van der Waals surface area (Å²) in [5, 5.41) is 15.5. The molecule has 0 aromatic heterocycles. The standard InChI is InChI=1S/C15H18N4O4/c1-8-6-13(21)18-19-14(8)9-4-2-3-5-11(9)17-12(20)7-10(16)15(22)23/h2-5,8,10H,6-7,16H2,1H3,(H,17,20)(H,18,21)(H,22,23)/t8?,10-/m0/s1. The van der Waals surface area contributed by atoms with E-state index in [4.69, 9.17) is 10.8 Å². The highest BCUT2D eigenvalue weighted by atomic mass is 16.4. The van der Waals surface area contributed by atoms with Gasteiger partial charge in [-0.1, -0.05) is 25.1 Å². The Balaban J connectivity index is 2.20. The highest BCUT2D eigenvalue weighted by Gasteiger charge is 2.24. The van der Waals surface area contributed by atoms with Crippen LogP contribution in [0.1, 0.15) is 25.3 Å². The molecule has 8 heteroatoms. The number of para-hydroxylation sites is 1. The second-order valence-corrected chi connectivity index (χ2v) is 5.38. The van der Waals surface area contributed by atoms with Crippen molar-refractivity contribution < 1.29 is 19.5 Å². The normalized spacial score (nSPS) is 18.6. The molecule has 0 saturated heterocycles. The van der Waals surface area contributed by atoms with Gasteiger partial charge in [0.05, 0.1) is 12.1 Å². The van der Waals surface area contributed by atoms with E-state index in [2.05, 4.69) is 15.8 Å². The number of carboxylic acids is 1. The van der Waals surface area contributed by atoms with E-state index in [9.17, 15) is 14.4 Å². The number of nitrogens with zero attached hydrogens (tertiary/aromatic N) is 1. The lowest BCUT2D eigenvalue weighted by atomic mass is 9.93. The molecular weight excluding hydrogens is 300 g/mol. The van der Waals surface area contributed by atoms with Gasteiger partial charge in [-0.05, 0) is 6.07 Å². The first-order valence-corrected chi connectivity index (χ1v) is 7.12. The average Bonchev–Trinajstić information content (AvgIpc) is 2.48. The van der Waals surface area contributed by atoms with Crippen LogP contribution in [0.2, 0.25) is 0 Å². The maximum Gasteiger partial charge on any atom is 0.321 e. The minimum Gasteiger partial charge on any atom is -0.480 e. The molecular formula is C15H18N4O4. The van der Waals surface area contributed by atoms with E-state index in [-0.39, 0.29) is 18.2 Å². The molecule has 0 radical (unpaired) electrons. The number of rotatable bonds is 5. The van der Waals surface area contributed by atoms with Crippen molar-refractivity contribution in [1.82, 2.24) is 5.43 Å². The summed E-state index contributed by atoms with van der Waals surface area (Å²) >= 11 is 0. The molecule has 8 nitrogen and oxygen atoms in total. The number of benzene rings is 1. The molecule has 0 aliphatic carbocycles. The molecule has 0 spiro atoms. The Morgan fingerprint density at radius 2 is 2.17 bits per heavy atom. The fourth-order valence-electron chi connectivity index (χ4n) is 2.28. The van der Waals surface area contributed by atoms with Crippen LogP contribution in [0.3, 0.4) is 0 Å². The Bertz CT molecular complexity index is 671. The zero-order chi connectivity index (χ0) is 17.0. The zero-order valence-electron chi connectivity index (χ0n) is 12.6. The van der Waals surface area contributed by atoms with Gasteiger partial charge in [-0.15, -0.1) is 0 Å². The Morgan fingerprint density at radius 1 is 1.48 bits per heavy atom. The van der Waals surface area contributed by atoms with Crippen molar-refractivity contribution in [1.29, 1.82) is 0 Å². The van der Waals surface area contributed by atoms with E-state index in [1.807, 2.05) is 6.92 Å². The van der Waals surface area contributed by atoms with Gasteiger partial charge in [-0.25, -0.2) is 5.43 Å². The SMILES string of the molecule is CC1CC(=O)NN=C1c1ccccc1NC(=O)C[C@H](N)C(=O)O. The summed E-state index contributed by atoms with van der Waals surface area (Å²) in [6.45, 7) is 1.87. The van der Waals surface area contributed by atoms with Crippen LogP contribution >= 0.6 is 0 Å². The summed E-state index contributed by atoms with van der Waals surface area (Å²) < 4.78 is 0. The Kier molecular flexibility index (Phi) is 5.07. The number of carboxylic acid groups (broad SMARTS) is 1. The summed E-state index contributed by atoms with van der Waals surface area (Å²) in [4.78, 5) is 34.0. The van der Waals surface area contributed by atoms with Crippen LogP contribution < -0.4 is 16.5 Å². The predicted molar refractivity (Wildman–Crippen MR) is 83.8 cm³/mol. The van der Waals surface area contributed by atoms with Crippen molar-refractivity contribution in [3.05, 3.63) is 29.8 Å². The highest BCUT2D eigenvalue weighted by Crippen LogP contribution is 2.23. The first kappa shape index (κ1) is 16.6. The van der Waals surface area contributed by atoms with Gasteiger partial charge in [0.15, 0.2) is 0 Å². The lowest BCUT2D eigenvalue weighted by Gasteiger charge is -2.21. The first-order valence-electron chi connectivity index (χ1n) is 7.12. The molecule has 1 aliphatic rings. The van der Waals surface area contributed by atoms with E-state index in [1.54, 1.807) is 24.3 Å². The number of hydrazone groups is 1. The maximum absolute atomic E-state index is 11.9. The molecule has 1 unspecified atom stereocenters. The van der Waals surface area contributed by atoms with Crippen molar-refractivity contribution in [2.75, 3.05) is 5.32 Å². The molecule has 122 valence electrons. The number of amides is 2. The lowest BCUT2D eigenvalue weighted by molar-refractivity contribution is -0.140. The molecule has 1 aromatic carbocycles. The Hall–Kier alpha value is -2.74. The second-order valence-electron chi connectivity index (χ2n) is 5.38. The minimum absolute atomic E-state index is 0.0944. The zero-order valence-corrected chi connectivity index (χ0v) is 12.6. The first-order chi connectivity index (χ1) is 10.9. The quantitative estimate of drug-likeness (QED) is 0.619. The Morgan fingerprint density at radius 3 is 2.83 bits per heavy atom. The molecule has 2 atom stereocenters. The second kappa shape index (κ2) is 7.01. The predicted octanol–water partition coefficient (Wildman–Crippen LogP) is 0.287. The van der Waals surface area contributed by atoms with Crippen molar-refractivity contribution in [3.8, 4) is 0 Å². The molecule has 2 rings (SSSR count). The van der Waals surface area contributed by atoms with Crippen LogP contribution in [0.5, 0.6) is 0 Å². The van der Waals surface area contributed by atoms with Gasteiger partial charge < -0.3 is 16.2 Å². The molecule has 5 N–H and O–H groups in total. The van der Waals surface area contributed by atoms with Crippen LogP contribution in [0, 0.1) is 5.92 Å². The number of carbonyl (C=O) groups is 3. The van der Waals surface area contributed by atoms with Crippen LogP contribution in [-0.4, -0.2) is 34.6 Å². The van der Waals surface area contributed by atoms with E-state index in [0.717, 1.165) is 0 Å².